The first-order valence-corrected chi connectivity index (χ1v) is 8.79. The summed E-state index contributed by atoms with van der Waals surface area (Å²) in [6.45, 7) is 0.377. The summed E-state index contributed by atoms with van der Waals surface area (Å²) in [6, 6.07) is 0.449. The van der Waals surface area contributed by atoms with Gasteiger partial charge in [-0.05, 0) is 32.4 Å². The molecule has 1 atom stereocenters. The normalized spacial score (nSPS) is 19.5. The van der Waals surface area contributed by atoms with Gasteiger partial charge in [-0.2, -0.15) is 0 Å². The van der Waals surface area contributed by atoms with Crippen molar-refractivity contribution in [1.82, 2.24) is 9.62 Å². The van der Waals surface area contributed by atoms with Crippen LogP contribution in [0, 0.1) is 0 Å². The van der Waals surface area contributed by atoms with Crippen LogP contribution in [0.3, 0.4) is 0 Å². The fraction of sp³-hybridized carbons (Fsp3) is 0.500. The highest BCUT2D eigenvalue weighted by Gasteiger charge is 2.33. The summed E-state index contributed by atoms with van der Waals surface area (Å²) in [7, 11) is -2.31. The fourth-order valence-corrected chi connectivity index (χ4v) is 4.22. The number of carbonyl (C=O) groups is 2. The van der Waals surface area contributed by atoms with Gasteiger partial charge < -0.3 is 10.0 Å². The standard InChI is InChI=1S/C12H16N2O5S2/c1-13-21(18,19)8-6-10(20-7-8)11(15)14-5-3-2-4-9(14)12(16)17/h6-7,9,13H,2-5H2,1H3,(H,16,17). The second-order valence-corrected chi connectivity index (χ2v) is 7.50. The van der Waals surface area contributed by atoms with E-state index in [-0.39, 0.29) is 9.77 Å². The van der Waals surface area contributed by atoms with E-state index in [2.05, 4.69) is 4.72 Å². The van der Waals surface area contributed by atoms with E-state index in [9.17, 15) is 23.1 Å². The molecule has 0 radical (unpaired) electrons. The smallest absolute Gasteiger partial charge is 0.326 e. The number of likely N-dealkylation sites (tertiary alicyclic amines) is 1. The number of carboxylic acid groups (broad SMARTS) is 1. The number of nitrogens with one attached hydrogen (secondary N) is 1. The van der Waals surface area contributed by atoms with E-state index in [4.69, 9.17) is 0 Å². The minimum Gasteiger partial charge on any atom is -0.480 e. The van der Waals surface area contributed by atoms with E-state index in [0.717, 1.165) is 24.2 Å². The van der Waals surface area contributed by atoms with Crippen molar-refractivity contribution in [3.63, 3.8) is 0 Å². The summed E-state index contributed by atoms with van der Waals surface area (Å²) >= 11 is 1.00. The molecule has 0 spiro atoms. The number of piperidine rings is 1. The largest absolute Gasteiger partial charge is 0.480 e. The Labute approximate surface area is 126 Å². The molecule has 2 heterocycles. The molecule has 2 N–H and O–H groups in total. The van der Waals surface area contributed by atoms with Crippen molar-refractivity contribution >= 4 is 33.2 Å². The predicted octanol–water partition coefficient (Wildman–Crippen LogP) is 0.735. The van der Waals surface area contributed by atoms with Gasteiger partial charge in [0.05, 0.1) is 9.77 Å². The summed E-state index contributed by atoms with van der Waals surface area (Å²) in [6.07, 6.45) is 1.95. The highest BCUT2D eigenvalue weighted by Crippen LogP contribution is 2.25. The van der Waals surface area contributed by atoms with E-state index >= 15 is 0 Å². The molecule has 0 aromatic carbocycles. The van der Waals surface area contributed by atoms with Crippen LogP contribution >= 0.6 is 11.3 Å². The molecule has 1 fully saturated rings. The van der Waals surface area contributed by atoms with Crippen molar-refractivity contribution in [2.24, 2.45) is 0 Å². The van der Waals surface area contributed by atoms with Crippen LogP contribution in [0.15, 0.2) is 16.3 Å². The maximum atomic E-state index is 12.4. The van der Waals surface area contributed by atoms with Gasteiger partial charge in [0.25, 0.3) is 5.91 Å². The number of amides is 1. The quantitative estimate of drug-likeness (QED) is 0.846. The number of sulfonamides is 1. The molecule has 116 valence electrons. The SMILES string of the molecule is CNS(=O)(=O)c1csc(C(=O)N2CCCCC2C(=O)O)c1. The number of carboxylic acids is 1. The van der Waals surface area contributed by atoms with Gasteiger partial charge in [0.1, 0.15) is 6.04 Å². The number of hydrogen-bond donors (Lipinski definition) is 2. The molecule has 9 heteroatoms. The fourth-order valence-electron chi connectivity index (χ4n) is 2.26. The summed E-state index contributed by atoms with van der Waals surface area (Å²) in [5.74, 6) is -1.45. The van der Waals surface area contributed by atoms with Crippen LogP contribution in [-0.4, -0.2) is 49.9 Å². The number of aliphatic carboxylic acids is 1. The summed E-state index contributed by atoms with van der Waals surface area (Å²) in [5, 5.41) is 10.6. The van der Waals surface area contributed by atoms with Crippen molar-refractivity contribution in [2.45, 2.75) is 30.2 Å². The van der Waals surface area contributed by atoms with Crippen LogP contribution in [0.5, 0.6) is 0 Å². The third-order valence-corrected chi connectivity index (χ3v) is 5.88. The molecule has 0 aliphatic carbocycles. The van der Waals surface area contributed by atoms with Crippen LogP contribution in [0.1, 0.15) is 28.9 Å². The minimum absolute atomic E-state index is 0.0160. The van der Waals surface area contributed by atoms with Gasteiger partial charge in [-0.3, -0.25) is 4.79 Å². The molecule has 1 aromatic heterocycles. The third kappa shape index (κ3) is 3.25. The highest BCUT2D eigenvalue weighted by molar-refractivity contribution is 7.89. The molecule has 1 aliphatic rings. The van der Waals surface area contributed by atoms with Gasteiger partial charge >= 0.3 is 5.97 Å². The van der Waals surface area contributed by atoms with Gasteiger partial charge in [-0.25, -0.2) is 17.9 Å². The molecule has 21 heavy (non-hydrogen) atoms. The van der Waals surface area contributed by atoms with Gasteiger partial charge in [-0.1, -0.05) is 0 Å². The Kier molecular flexibility index (Phi) is 4.64. The molecule has 7 nitrogen and oxygen atoms in total. The maximum Gasteiger partial charge on any atom is 0.326 e. The molecule has 1 aliphatic heterocycles. The van der Waals surface area contributed by atoms with Crippen LogP contribution in [0.4, 0.5) is 0 Å². The monoisotopic (exact) mass is 332 g/mol. The molecular weight excluding hydrogens is 316 g/mol. The summed E-state index contributed by atoms with van der Waals surface area (Å²) in [4.78, 5) is 25.2. The number of hydrogen-bond acceptors (Lipinski definition) is 5. The lowest BCUT2D eigenvalue weighted by Crippen LogP contribution is -2.47. The van der Waals surface area contributed by atoms with Crippen LogP contribution < -0.4 is 4.72 Å². The second-order valence-electron chi connectivity index (χ2n) is 4.70. The summed E-state index contributed by atoms with van der Waals surface area (Å²) < 4.78 is 25.5. The van der Waals surface area contributed by atoms with Crippen LogP contribution in [0.25, 0.3) is 0 Å². The van der Waals surface area contributed by atoms with Crippen molar-refractivity contribution in [3.8, 4) is 0 Å². The Bertz CT molecular complexity index is 652. The number of nitrogens with zero attached hydrogens (tertiary/aromatic N) is 1. The molecule has 1 unspecified atom stereocenters. The number of carbonyl (C=O) groups excluding carboxylic acids is 1. The molecular formula is C12H16N2O5S2. The predicted molar refractivity (Wildman–Crippen MR) is 76.9 cm³/mol. The first kappa shape index (κ1) is 15.9. The van der Waals surface area contributed by atoms with Crippen molar-refractivity contribution in [2.75, 3.05) is 13.6 Å². The average molecular weight is 332 g/mol. The van der Waals surface area contributed by atoms with Gasteiger partial charge in [0.2, 0.25) is 10.0 Å². The van der Waals surface area contributed by atoms with E-state index < -0.39 is 27.9 Å². The zero-order chi connectivity index (χ0) is 15.6. The topological polar surface area (TPSA) is 104 Å². The molecule has 1 amide bonds. The Balaban J connectivity index is 2.25. The lowest BCUT2D eigenvalue weighted by Gasteiger charge is -2.32. The van der Waals surface area contributed by atoms with E-state index in [1.54, 1.807) is 0 Å². The van der Waals surface area contributed by atoms with E-state index in [0.29, 0.717) is 13.0 Å². The van der Waals surface area contributed by atoms with Crippen LogP contribution in [0.2, 0.25) is 0 Å². The van der Waals surface area contributed by atoms with E-state index in [1.807, 2.05) is 0 Å². The van der Waals surface area contributed by atoms with Crippen molar-refractivity contribution in [3.05, 3.63) is 16.3 Å². The van der Waals surface area contributed by atoms with Gasteiger partial charge in [0.15, 0.2) is 0 Å². The third-order valence-electron chi connectivity index (χ3n) is 3.41. The molecule has 0 saturated carbocycles. The first-order chi connectivity index (χ1) is 9.86. The lowest BCUT2D eigenvalue weighted by molar-refractivity contribution is -0.143. The average Bonchev–Trinajstić information content (AvgIpc) is 2.97. The molecule has 0 bridgehead atoms. The number of rotatable bonds is 4. The second kappa shape index (κ2) is 6.12. The van der Waals surface area contributed by atoms with Crippen molar-refractivity contribution < 1.29 is 23.1 Å². The molecule has 2 rings (SSSR count). The van der Waals surface area contributed by atoms with Crippen LogP contribution in [-0.2, 0) is 14.8 Å². The Morgan fingerprint density at radius 2 is 2.14 bits per heavy atom. The Morgan fingerprint density at radius 3 is 2.76 bits per heavy atom. The molecule has 1 saturated heterocycles. The lowest BCUT2D eigenvalue weighted by atomic mass is 10.0. The van der Waals surface area contributed by atoms with E-state index in [1.165, 1.54) is 23.4 Å². The molecule has 1 aromatic rings. The minimum atomic E-state index is -3.60. The first-order valence-electron chi connectivity index (χ1n) is 6.42. The van der Waals surface area contributed by atoms with Gasteiger partial charge in [0, 0.05) is 11.9 Å². The maximum absolute atomic E-state index is 12.4. The zero-order valence-electron chi connectivity index (χ0n) is 11.4. The summed E-state index contributed by atoms with van der Waals surface area (Å²) in [5.41, 5.74) is 0. The zero-order valence-corrected chi connectivity index (χ0v) is 13.0. The number of thiophene rings is 1. The Hall–Kier alpha value is -1.45. The highest BCUT2D eigenvalue weighted by atomic mass is 32.2. The Morgan fingerprint density at radius 1 is 1.43 bits per heavy atom. The van der Waals surface area contributed by atoms with Crippen molar-refractivity contribution in [1.29, 1.82) is 0 Å². The van der Waals surface area contributed by atoms with Gasteiger partial charge in [-0.15, -0.1) is 11.3 Å².